The van der Waals surface area contributed by atoms with Gasteiger partial charge in [0.1, 0.15) is 5.76 Å². The molecule has 0 bridgehead atoms. The fourth-order valence-electron chi connectivity index (χ4n) is 2.69. The Morgan fingerprint density at radius 1 is 1.32 bits per heavy atom. The van der Waals surface area contributed by atoms with Crippen LogP contribution in [-0.2, 0) is 16.1 Å². The van der Waals surface area contributed by atoms with Crippen molar-refractivity contribution in [1.82, 2.24) is 5.16 Å². The first-order valence-electron chi connectivity index (χ1n) is 8.48. The van der Waals surface area contributed by atoms with E-state index in [-0.39, 0.29) is 12.1 Å². The summed E-state index contributed by atoms with van der Waals surface area (Å²) in [6.45, 7) is 3.68. The van der Waals surface area contributed by atoms with E-state index < -0.39 is 0 Å². The zero-order chi connectivity index (χ0) is 17.5. The van der Waals surface area contributed by atoms with Crippen molar-refractivity contribution >= 4 is 17.5 Å². The van der Waals surface area contributed by atoms with Crippen LogP contribution < -0.4 is 10.6 Å². The van der Waals surface area contributed by atoms with Crippen LogP contribution in [0.3, 0.4) is 0 Å². The van der Waals surface area contributed by atoms with E-state index in [9.17, 15) is 4.79 Å². The molecule has 134 valence electrons. The molecule has 1 aromatic heterocycles. The molecule has 2 amide bonds. The molecule has 1 aliphatic heterocycles. The Labute approximate surface area is 146 Å². The summed E-state index contributed by atoms with van der Waals surface area (Å²) < 4.78 is 16.3. The first-order chi connectivity index (χ1) is 12.2. The predicted octanol–water partition coefficient (Wildman–Crippen LogP) is 3.71. The second-order valence-electron chi connectivity index (χ2n) is 6.11. The number of hydrogen-bond donors (Lipinski definition) is 2. The average molecular weight is 345 g/mol. The van der Waals surface area contributed by atoms with Crippen LogP contribution in [0.5, 0.6) is 0 Å². The number of amides is 2. The number of aromatic nitrogens is 1. The number of urea groups is 1. The molecule has 0 spiro atoms. The van der Waals surface area contributed by atoms with Crippen molar-refractivity contribution in [3.8, 4) is 0 Å². The summed E-state index contributed by atoms with van der Waals surface area (Å²) in [5.41, 5.74) is 1.68. The molecule has 1 aromatic carbocycles. The quantitative estimate of drug-likeness (QED) is 0.833. The lowest BCUT2D eigenvalue weighted by Gasteiger charge is -2.22. The first-order valence-corrected chi connectivity index (χ1v) is 8.48. The van der Waals surface area contributed by atoms with Gasteiger partial charge in [0, 0.05) is 18.4 Å². The molecule has 0 radical (unpaired) electrons. The predicted molar refractivity (Wildman–Crippen MR) is 93.6 cm³/mol. The molecule has 1 saturated heterocycles. The van der Waals surface area contributed by atoms with E-state index in [0.717, 1.165) is 25.0 Å². The highest BCUT2D eigenvalue weighted by atomic mass is 16.5. The minimum atomic E-state index is -0.373. The van der Waals surface area contributed by atoms with Gasteiger partial charge >= 0.3 is 6.03 Å². The van der Waals surface area contributed by atoms with Crippen molar-refractivity contribution in [2.75, 3.05) is 23.8 Å². The SMILES string of the molecule is Cc1cc(NC(=O)Nc2cccc(COC[C@@H]3CCCCO3)c2)no1. The lowest BCUT2D eigenvalue weighted by Crippen LogP contribution is -2.24. The Morgan fingerprint density at radius 2 is 2.24 bits per heavy atom. The Balaban J connectivity index is 1.46. The smallest absolute Gasteiger partial charge is 0.324 e. The van der Waals surface area contributed by atoms with Crippen LogP contribution >= 0.6 is 0 Å². The highest BCUT2D eigenvalue weighted by Crippen LogP contribution is 2.16. The zero-order valence-corrected chi connectivity index (χ0v) is 14.3. The fourth-order valence-corrected chi connectivity index (χ4v) is 2.69. The van der Waals surface area contributed by atoms with Gasteiger partial charge in [0.15, 0.2) is 5.82 Å². The third-order valence-electron chi connectivity index (χ3n) is 3.90. The summed E-state index contributed by atoms with van der Waals surface area (Å²) in [7, 11) is 0. The van der Waals surface area contributed by atoms with Crippen LogP contribution in [0.4, 0.5) is 16.3 Å². The van der Waals surface area contributed by atoms with Crippen LogP contribution in [-0.4, -0.2) is 30.5 Å². The minimum absolute atomic E-state index is 0.201. The Kier molecular flexibility index (Phi) is 6.03. The molecule has 0 unspecified atom stereocenters. The number of anilines is 2. The maximum atomic E-state index is 12.0. The zero-order valence-electron chi connectivity index (χ0n) is 14.3. The molecule has 2 aromatic rings. The molecule has 1 fully saturated rings. The van der Waals surface area contributed by atoms with Crippen molar-refractivity contribution in [3.63, 3.8) is 0 Å². The van der Waals surface area contributed by atoms with Crippen LogP contribution in [0.2, 0.25) is 0 Å². The van der Waals surface area contributed by atoms with E-state index in [2.05, 4.69) is 15.8 Å². The van der Waals surface area contributed by atoms with Gasteiger partial charge in [0.2, 0.25) is 0 Å². The van der Waals surface area contributed by atoms with Crippen LogP contribution in [0.15, 0.2) is 34.9 Å². The van der Waals surface area contributed by atoms with Crippen molar-refractivity contribution in [3.05, 3.63) is 41.7 Å². The molecule has 25 heavy (non-hydrogen) atoms. The first kappa shape index (κ1) is 17.4. The number of ether oxygens (including phenoxy) is 2. The van der Waals surface area contributed by atoms with E-state index in [1.807, 2.05) is 24.3 Å². The second kappa shape index (κ2) is 8.64. The van der Waals surface area contributed by atoms with Gasteiger partial charge in [0.05, 0.1) is 19.3 Å². The van der Waals surface area contributed by atoms with E-state index in [4.69, 9.17) is 14.0 Å². The standard InChI is InChI=1S/C18H23N3O4/c1-13-9-17(21-25-13)20-18(22)19-15-6-4-5-14(10-15)11-23-12-16-7-2-3-8-24-16/h4-6,9-10,16H,2-3,7-8,11-12H2,1H3,(H2,19,20,21,22)/t16-/m0/s1. The van der Waals surface area contributed by atoms with E-state index in [1.165, 1.54) is 6.42 Å². The number of benzene rings is 1. The summed E-state index contributed by atoms with van der Waals surface area (Å²) in [4.78, 5) is 12.0. The number of rotatable bonds is 6. The van der Waals surface area contributed by atoms with Gasteiger partial charge in [-0.15, -0.1) is 0 Å². The van der Waals surface area contributed by atoms with Crippen LogP contribution in [0.25, 0.3) is 0 Å². The molecule has 1 atom stereocenters. The van der Waals surface area contributed by atoms with Gasteiger partial charge in [0.25, 0.3) is 0 Å². The highest BCUT2D eigenvalue weighted by Gasteiger charge is 2.13. The lowest BCUT2D eigenvalue weighted by molar-refractivity contribution is -0.0447. The average Bonchev–Trinajstić information content (AvgIpc) is 3.01. The van der Waals surface area contributed by atoms with Crippen LogP contribution in [0, 0.1) is 6.92 Å². The van der Waals surface area contributed by atoms with E-state index in [1.54, 1.807) is 13.0 Å². The van der Waals surface area contributed by atoms with Crippen molar-refractivity contribution in [2.45, 2.75) is 38.9 Å². The monoisotopic (exact) mass is 345 g/mol. The summed E-state index contributed by atoms with van der Waals surface area (Å²) in [6, 6.07) is 8.83. The Hall–Kier alpha value is -2.38. The highest BCUT2D eigenvalue weighted by molar-refractivity contribution is 5.99. The van der Waals surface area contributed by atoms with Gasteiger partial charge < -0.3 is 19.3 Å². The number of hydrogen-bond acceptors (Lipinski definition) is 5. The summed E-state index contributed by atoms with van der Waals surface area (Å²) in [5.74, 6) is 1.01. The molecule has 2 heterocycles. The summed E-state index contributed by atoms with van der Waals surface area (Å²) in [5, 5.41) is 9.10. The minimum Gasteiger partial charge on any atom is -0.376 e. The molecule has 3 rings (SSSR count). The Bertz CT molecular complexity index is 695. The van der Waals surface area contributed by atoms with Gasteiger partial charge in [-0.3, -0.25) is 5.32 Å². The van der Waals surface area contributed by atoms with Gasteiger partial charge in [-0.05, 0) is 43.9 Å². The molecule has 0 saturated carbocycles. The maximum Gasteiger partial charge on any atom is 0.324 e. The molecule has 2 N–H and O–H groups in total. The van der Waals surface area contributed by atoms with Crippen molar-refractivity contribution in [2.24, 2.45) is 0 Å². The third kappa shape index (κ3) is 5.58. The maximum absolute atomic E-state index is 12.0. The number of carbonyl (C=O) groups is 1. The third-order valence-corrected chi connectivity index (χ3v) is 3.90. The molecule has 7 heteroatoms. The summed E-state index contributed by atoms with van der Waals surface area (Å²) >= 11 is 0. The molecule has 7 nitrogen and oxygen atoms in total. The number of nitrogens with one attached hydrogen (secondary N) is 2. The molecule has 0 aliphatic carbocycles. The number of aryl methyl sites for hydroxylation is 1. The molecular formula is C18H23N3O4. The number of nitrogens with zero attached hydrogens (tertiary/aromatic N) is 1. The summed E-state index contributed by atoms with van der Waals surface area (Å²) in [6.07, 6.45) is 3.60. The largest absolute Gasteiger partial charge is 0.376 e. The lowest BCUT2D eigenvalue weighted by atomic mass is 10.1. The van der Waals surface area contributed by atoms with Gasteiger partial charge in [-0.2, -0.15) is 0 Å². The van der Waals surface area contributed by atoms with Crippen LogP contribution in [0.1, 0.15) is 30.6 Å². The van der Waals surface area contributed by atoms with Gasteiger partial charge in [-0.25, -0.2) is 4.79 Å². The van der Waals surface area contributed by atoms with Crippen molar-refractivity contribution < 1.29 is 18.8 Å². The normalized spacial score (nSPS) is 17.2. The van der Waals surface area contributed by atoms with Crippen molar-refractivity contribution in [1.29, 1.82) is 0 Å². The molecular weight excluding hydrogens is 322 g/mol. The topological polar surface area (TPSA) is 85.6 Å². The molecule has 1 aliphatic rings. The van der Waals surface area contributed by atoms with E-state index in [0.29, 0.717) is 30.5 Å². The van der Waals surface area contributed by atoms with Gasteiger partial charge in [-0.1, -0.05) is 17.3 Å². The Morgan fingerprint density at radius 3 is 3.00 bits per heavy atom. The fraction of sp³-hybridized carbons (Fsp3) is 0.444. The number of carbonyl (C=O) groups excluding carboxylic acids is 1. The second-order valence-corrected chi connectivity index (χ2v) is 6.11. The van der Waals surface area contributed by atoms with E-state index >= 15 is 0 Å².